The van der Waals surface area contributed by atoms with Crippen molar-refractivity contribution >= 4 is 34.1 Å². The molecule has 1 aromatic carbocycles. The number of ether oxygens (including phenoxy) is 1. The zero-order valence-electron chi connectivity index (χ0n) is 8.49. The third kappa shape index (κ3) is 2.36. The summed E-state index contributed by atoms with van der Waals surface area (Å²) in [6, 6.07) is 5.60. The number of hydrogen-bond donors (Lipinski definition) is 0. The van der Waals surface area contributed by atoms with Crippen molar-refractivity contribution in [3.63, 3.8) is 0 Å². The molecule has 84 valence electrons. The Morgan fingerprint density at radius 1 is 1.25 bits per heavy atom. The molecule has 0 fully saturated rings. The van der Waals surface area contributed by atoms with E-state index in [0.717, 1.165) is 17.3 Å². The molecule has 0 saturated heterocycles. The molecule has 0 atom stereocenters. The Bertz CT molecular complexity index is 490. The molecule has 0 unspecified atom stereocenters. The molecule has 0 amide bonds. The molecule has 0 N–H and O–H groups in total. The number of hydrogen-bond acceptors (Lipinski definition) is 3. The number of benzene rings is 1. The van der Waals surface area contributed by atoms with E-state index >= 15 is 0 Å². The topological polar surface area (TPSA) is 35.0 Å². The van der Waals surface area contributed by atoms with Gasteiger partial charge in [-0.25, -0.2) is 9.97 Å². The van der Waals surface area contributed by atoms with Crippen molar-refractivity contribution in [3.8, 4) is 5.75 Å². The Hall–Kier alpha value is -1.06. The Morgan fingerprint density at radius 2 is 2.12 bits per heavy atom. The van der Waals surface area contributed by atoms with Crippen molar-refractivity contribution in [2.45, 2.75) is 6.42 Å². The van der Waals surface area contributed by atoms with Gasteiger partial charge in [-0.1, -0.05) is 17.7 Å². The van der Waals surface area contributed by atoms with Gasteiger partial charge in [-0.2, -0.15) is 0 Å². The summed E-state index contributed by atoms with van der Waals surface area (Å²) in [6.45, 7) is 0.574. The van der Waals surface area contributed by atoms with Crippen LogP contribution in [0.2, 0.25) is 5.15 Å². The largest absolute Gasteiger partial charge is 0.491 e. The van der Waals surface area contributed by atoms with Gasteiger partial charge in [0, 0.05) is 11.3 Å². The monoisotopic (exact) mass is 256 g/mol. The number of aromatic nitrogens is 2. The molecule has 1 aromatic heterocycles. The Kier molecular flexibility index (Phi) is 3.80. The van der Waals surface area contributed by atoms with Crippen LogP contribution < -0.4 is 4.74 Å². The van der Waals surface area contributed by atoms with E-state index in [1.165, 1.54) is 6.33 Å². The summed E-state index contributed by atoms with van der Waals surface area (Å²) in [5.41, 5.74) is 0.733. The minimum Gasteiger partial charge on any atom is -0.491 e. The van der Waals surface area contributed by atoms with Gasteiger partial charge in [0.05, 0.1) is 6.61 Å². The number of rotatable bonds is 4. The lowest BCUT2D eigenvalue weighted by molar-refractivity contribution is 0.321. The zero-order chi connectivity index (χ0) is 11.4. The van der Waals surface area contributed by atoms with Crippen LogP contribution in [0.25, 0.3) is 10.9 Å². The lowest BCUT2D eigenvalue weighted by Gasteiger charge is -2.07. The molecular formula is C11H10Cl2N2O. The molecule has 0 radical (unpaired) electrons. The van der Waals surface area contributed by atoms with Crippen molar-refractivity contribution < 1.29 is 4.74 Å². The van der Waals surface area contributed by atoms with Crippen LogP contribution in [-0.2, 0) is 0 Å². The summed E-state index contributed by atoms with van der Waals surface area (Å²) in [7, 11) is 0. The van der Waals surface area contributed by atoms with Crippen LogP contribution in [0.1, 0.15) is 6.42 Å². The Labute approximate surface area is 103 Å². The van der Waals surface area contributed by atoms with E-state index in [2.05, 4.69) is 9.97 Å². The summed E-state index contributed by atoms with van der Waals surface area (Å²) in [6.07, 6.45) is 2.23. The van der Waals surface area contributed by atoms with Gasteiger partial charge in [0.1, 0.15) is 22.7 Å². The molecule has 0 saturated carbocycles. The molecule has 0 bridgehead atoms. The summed E-state index contributed by atoms with van der Waals surface area (Å²) in [4.78, 5) is 8.09. The maximum absolute atomic E-state index is 5.96. The normalized spacial score (nSPS) is 10.6. The molecule has 0 aliphatic rings. The zero-order valence-corrected chi connectivity index (χ0v) is 10.0. The number of alkyl halides is 1. The first-order chi connectivity index (χ1) is 7.83. The third-order valence-corrected chi connectivity index (χ3v) is 2.68. The molecule has 1 heterocycles. The average Bonchev–Trinajstić information content (AvgIpc) is 2.31. The van der Waals surface area contributed by atoms with Gasteiger partial charge in [-0.05, 0) is 18.6 Å². The summed E-state index contributed by atoms with van der Waals surface area (Å²) in [5.74, 6) is 1.30. The summed E-state index contributed by atoms with van der Waals surface area (Å²) in [5, 5.41) is 1.24. The minimum atomic E-state index is 0.438. The second-order valence-electron chi connectivity index (χ2n) is 3.21. The highest BCUT2D eigenvalue weighted by atomic mass is 35.5. The first kappa shape index (κ1) is 11.4. The fraction of sp³-hybridized carbons (Fsp3) is 0.273. The van der Waals surface area contributed by atoms with Gasteiger partial charge < -0.3 is 4.74 Å². The molecule has 16 heavy (non-hydrogen) atoms. The van der Waals surface area contributed by atoms with Crippen molar-refractivity contribution in [1.82, 2.24) is 9.97 Å². The lowest BCUT2D eigenvalue weighted by Crippen LogP contribution is -1.99. The van der Waals surface area contributed by atoms with Crippen molar-refractivity contribution in [3.05, 3.63) is 29.7 Å². The van der Waals surface area contributed by atoms with E-state index in [-0.39, 0.29) is 0 Å². The van der Waals surface area contributed by atoms with Crippen LogP contribution in [-0.4, -0.2) is 22.5 Å². The maximum atomic E-state index is 5.96. The molecule has 0 spiro atoms. The maximum Gasteiger partial charge on any atom is 0.145 e. The molecular weight excluding hydrogens is 247 g/mol. The third-order valence-electron chi connectivity index (χ3n) is 2.11. The van der Waals surface area contributed by atoms with Gasteiger partial charge >= 0.3 is 0 Å². The molecule has 3 nitrogen and oxygen atoms in total. The molecule has 0 aliphatic heterocycles. The molecule has 2 rings (SSSR count). The predicted molar refractivity (Wildman–Crippen MR) is 65.4 cm³/mol. The van der Waals surface area contributed by atoms with Crippen molar-refractivity contribution in [1.29, 1.82) is 0 Å². The fourth-order valence-electron chi connectivity index (χ4n) is 1.38. The van der Waals surface area contributed by atoms with E-state index in [0.29, 0.717) is 23.4 Å². The fourth-order valence-corrected chi connectivity index (χ4v) is 1.69. The van der Waals surface area contributed by atoms with Crippen molar-refractivity contribution in [2.75, 3.05) is 12.5 Å². The van der Waals surface area contributed by atoms with E-state index < -0.39 is 0 Å². The predicted octanol–water partition coefficient (Wildman–Crippen LogP) is 3.29. The number of fused-ring (bicyclic) bond motifs is 1. The highest BCUT2D eigenvalue weighted by molar-refractivity contribution is 6.34. The van der Waals surface area contributed by atoms with Gasteiger partial charge in [-0.3, -0.25) is 0 Å². The van der Waals surface area contributed by atoms with Crippen LogP contribution in [0.4, 0.5) is 0 Å². The summed E-state index contributed by atoms with van der Waals surface area (Å²) >= 11 is 11.5. The van der Waals surface area contributed by atoms with Crippen LogP contribution in [0.5, 0.6) is 5.75 Å². The van der Waals surface area contributed by atoms with Crippen LogP contribution in [0.15, 0.2) is 24.5 Å². The standard InChI is InChI=1S/C11H10Cl2N2O/c12-5-2-6-16-9-4-1-3-8-10(9)14-7-15-11(8)13/h1,3-4,7H,2,5-6H2. The second kappa shape index (κ2) is 5.32. The number of halogens is 2. The van der Waals surface area contributed by atoms with E-state index in [9.17, 15) is 0 Å². The van der Waals surface area contributed by atoms with E-state index in [4.69, 9.17) is 27.9 Å². The Morgan fingerprint density at radius 3 is 2.94 bits per heavy atom. The van der Waals surface area contributed by atoms with Gasteiger partial charge in [-0.15, -0.1) is 11.6 Å². The molecule has 0 aliphatic carbocycles. The van der Waals surface area contributed by atoms with Crippen LogP contribution >= 0.6 is 23.2 Å². The van der Waals surface area contributed by atoms with E-state index in [1.54, 1.807) is 0 Å². The van der Waals surface area contributed by atoms with Gasteiger partial charge in [0.25, 0.3) is 0 Å². The lowest BCUT2D eigenvalue weighted by atomic mass is 10.2. The van der Waals surface area contributed by atoms with Crippen molar-refractivity contribution in [2.24, 2.45) is 0 Å². The van der Waals surface area contributed by atoms with Gasteiger partial charge in [0.15, 0.2) is 0 Å². The smallest absolute Gasteiger partial charge is 0.145 e. The Balaban J connectivity index is 2.34. The molecule has 5 heteroatoms. The first-order valence-electron chi connectivity index (χ1n) is 4.91. The van der Waals surface area contributed by atoms with Crippen LogP contribution in [0.3, 0.4) is 0 Å². The van der Waals surface area contributed by atoms with Gasteiger partial charge in [0.2, 0.25) is 0 Å². The highest BCUT2D eigenvalue weighted by Crippen LogP contribution is 2.27. The minimum absolute atomic E-state index is 0.438. The SMILES string of the molecule is ClCCCOc1cccc2c(Cl)ncnc12. The number of para-hydroxylation sites is 1. The highest BCUT2D eigenvalue weighted by Gasteiger charge is 2.06. The summed E-state index contributed by atoms with van der Waals surface area (Å²) < 4.78 is 5.58. The second-order valence-corrected chi connectivity index (χ2v) is 3.94. The average molecular weight is 257 g/mol. The van der Waals surface area contributed by atoms with Crippen LogP contribution in [0, 0.1) is 0 Å². The first-order valence-corrected chi connectivity index (χ1v) is 5.82. The molecule has 2 aromatic rings. The number of nitrogens with zero attached hydrogens (tertiary/aromatic N) is 2. The van der Waals surface area contributed by atoms with E-state index in [1.807, 2.05) is 18.2 Å². The quantitative estimate of drug-likeness (QED) is 0.479.